The molecule has 0 unspecified atom stereocenters. The van der Waals surface area contributed by atoms with Gasteiger partial charge < -0.3 is 5.73 Å². The molecule has 1 nitrogen and oxygen atoms in total. The van der Waals surface area contributed by atoms with Crippen molar-refractivity contribution < 1.29 is 4.39 Å². The first kappa shape index (κ1) is 8.20. The summed E-state index contributed by atoms with van der Waals surface area (Å²) in [5.41, 5.74) is 6.68. The minimum absolute atomic E-state index is 0.188. The summed E-state index contributed by atoms with van der Waals surface area (Å²) >= 11 is 3.38. The summed E-state index contributed by atoms with van der Waals surface area (Å²) in [5.74, 6) is 0.169. The lowest BCUT2D eigenvalue weighted by Gasteiger charge is -2.01. The molecule has 64 valence electrons. The number of rotatable bonds is 1. The molecule has 12 heavy (non-hydrogen) atoms. The van der Waals surface area contributed by atoms with E-state index < -0.39 is 0 Å². The molecule has 0 aromatic heterocycles. The SMILES string of the molecule is N[C@@H]1C[C@H]1c1cc(F)ccc1Br. The highest BCUT2D eigenvalue weighted by molar-refractivity contribution is 9.10. The van der Waals surface area contributed by atoms with Gasteiger partial charge in [-0.05, 0) is 30.2 Å². The molecule has 0 saturated heterocycles. The lowest BCUT2D eigenvalue weighted by atomic mass is 10.1. The van der Waals surface area contributed by atoms with E-state index in [-0.39, 0.29) is 11.9 Å². The van der Waals surface area contributed by atoms with Crippen LogP contribution in [0, 0.1) is 5.82 Å². The Bertz CT molecular complexity index is 313. The highest BCUT2D eigenvalue weighted by Crippen LogP contribution is 2.42. The van der Waals surface area contributed by atoms with E-state index in [4.69, 9.17) is 5.73 Å². The molecule has 1 fully saturated rings. The Balaban J connectivity index is 2.36. The van der Waals surface area contributed by atoms with Crippen molar-refractivity contribution in [2.75, 3.05) is 0 Å². The molecule has 1 aromatic rings. The highest BCUT2D eigenvalue weighted by Gasteiger charge is 2.36. The van der Waals surface area contributed by atoms with Crippen LogP contribution in [0.25, 0.3) is 0 Å². The van der Waals surface area contributed by atoms with Gasteiger partial charge in [-0.15, -0.1) is 0 Å². The topological polar surface area (TPSA) is 26.0 Å². The maximum Gasteiger partial charge on any atom is 0.123 e. The third kappa shape index (κ3) is 1.39. The first-order valence-corrected chi connectivity index (χ1v) is 4.68. The van der Waals surface area contributed by atoms with Crippen LogP contribution in [-0.2, 0) is 0 Å². The fraction of sp³-hybridized carbons (Fsp3) is 0.333. The Kier molecular flexibility index (Phi) is 1.93. The summed E-state index contributed by atoms with van der Waals surface area (Å²) in [6, 6.07) is 4.96. The monoisotopic (exact) mass is 229 g/mol. The third-order valence-corrected chi connectivity index (χ3v) is 2.92. The van der Waals surface area contributed by atoms with Crippen LogP contribution in [0.5, 0.6) is 0 Å². The van der Waals surface area contributed by atoms with Crippen LogP contribution in [0.4, 0.5) is 4.39 Å². The maximum atomic E-state index is 12.8. The van der Waals surface area contributed by atoms with Crippen molar-refractivity contribution in [3.63, 3.8) is 0 Å². The fourth-order valence-electron chi connectivity index (χ4n) is 1.37. The molecule has 1 aliphatic rings. The minimum Gasteiger partial charge on any atom is -0.327 e. The van der Waals surface area contributed by atoms with Crippen LogP contribution < -0.4 is 5.73 Å². The summed E-state index contributed by atoms with van der Waals surface area (Å²) in [7, 11) is 0. The molecule has 3 heteroatoms. The van der Waals surface area contributed by atoms with Crippen LogP contribution in [0.1, 0.15) is 17.9 Å². The van der Waals surface area contributed by atoms with Crippen molar-refractivity contribution in [1.29, 1.82) is 0 Å². The van der Waals surface area contributed by atoms with Gasteiger partial charge in [-0.2, -0.15) is 0 Å². The van der Waals surface area contributed by atoms with Gasteiger partial charge in [-0.1, -0.05) is 15.9 Å². The Hall–Kier alpha value is -0.410. The predicted octanol–water partition coefficient (Wildman–Crippen LogP) is 2.40. The lowest BCUT2D eigenvalue weighted by molar-refractivity contribution is 0.625. The summed E-state index contributed by atoms with van der Waals surface area (Å²) < 4.78 is 13.8. The second kappa shape index (κ2) is 2.82. The van der Waals surface area contributed by atoms with E-state index in [0.717, 1.165) is 16.5 Å². The van der Waals surface area contributed by atoms with Crippen molar-refractivity contribution in [2.45, 2.75) is 18.4 Å². The molecule has 2 rings (SSSR count). The van der Waals surface area contributed by atoms with Crippen LogP contribution >= 0.6 is 15.9 Å². The smallest absolute Gasteiger partial charge is 0.123 e. The molecule has 1 saturated carbocycles. The van der Waals surface area contributed by atoms with E-state index in [1.165, 1.54) is 6.07 Å². The number of nitrogens with two attached hydrogens (primary N) is 1. The van der Waals surface area contributed by atoms with Crippen molar-refractivity contribution in [3.05, 3.63) is 34.1 Å². The average molecular weight is 230 g/mol. The predicted molar refractivity (Wildman–Crippen MR) is 49.4 cm³/mol. The van der Waals surface area contributed by atoms with Gasteiger partial charge in [-0.25, -0.2) is 4.39 Å². The zero-order valence-corrected chi connectivity index (χ0v) is 8.01. The van der Waals surface area contributed by atoms with Gasteiger partial charge in [0.15, 0.2) is 0 Å². The molecule has 0 aliphatic heterocycles. The Labute approximate surface area is 78.9 Å². The second-order valence-corrected chi connectivity index (χ2v) is 4.03. The second-order valence-electron chi connectivity index (χ2n) is 3.17. The maximum absolute atomic E-state index is 12.8. The van der Waals surface area contributed by atoms with E-state index in [1.807, 2.05) is 0 Å². The van der Waals surface area contributed by atoms with Crippen LogP contribution in [0.3, 0.4) is 0 Å². The van der Waals surface area contributed by atoms with Gasteiger partial charge in [0.05, 0.1) is 0 Å². The normalized spacial score (nSPS) is 27.2. The van der Waals surface area contributed by atoms with Gasteiger partial charge in [0.2, 0.25) is 0 Å². The van der Waals surface area contributed by atoms with Crippen molar-refractivity contribution in [3.8, 4) is 0 Å². The molecule has 0 spiro atoms. The van der Waals surface area contributed by atoms with E-state index >= 15 is 0 Å². The molecule has 0 radical (unpaired) electrons. The average Bonchev–Trinajstić information content (AvgIpc) is 2.73. The van der Waals surface area contributed by atoms with Crippen LogP contribution in [0.2, 0.25) is 0 Å². The summed E-state index contributed by atoms with van der Waals surface area (Å²) in [5, 5.41) is 0. The van der Waals surface area contributed by atoms with E-state index in [1.54, 1.807) is 12.1 Å². The van der Waals surface area contributed by atoms with Gasteiger partial charge in [-0.3, -0.25) is 0 Å². The van der Waals surface area contributed by atoms with Gasteiger partial charge in [0.1, 0.15) is 5.82 Å². The molecule has 1 aromatic carbocycles. The largest absolute Gasteiger partial charge is 0.327 e. The van der Waals surface area contributed by atoms with Gasteiger partial charge >= 0.3 is 0 Å². The van der Waals surface area contributed by atoms with E-state index in [0.29, 0.717) is 5.92 Å². The van der Waals surface area contributed by atoms with Crippen molar-refractivity contribution >= 4 is 15.9 Å². The first-order chi connectivity index (χ1) is 5.68. The molecular formula is C9H9BrFN. The van der Waals surface area contributed by atoms with Gasteiger partial charge in [0, 0.05) is 16.4 Å². The number of hydrogen-bond acceptors (Lipinski definition) is 1. The minimum atomic E-state index is -0.188. The van der Waals surface area contributed by atoms with Crippen LogP contribution in [0.15, 0.2) is 22.7 Å². The summed E-state index contributed by atoms with van der Waals surface area (Å²) in [4.78, 5) is 0. The zero-order valence-electron chi connectivity index (χ0n) is 6.43. The summed E-state index contributed by atoms with van der Waals surface area (Å²) in [6.07, 6.45) is 0.974. The van der Waals surface area contributed by atoms with Crippen LogP contribution in [-0.4, -0.2) is 6.04 Å². The quantitative estimate of drug-likeness (QED) is 0.787. The van der Waals surface area contributed by atoms with Crippen molar-refractivity contribution in [2.24, 2.45) is 5.73 Å². The number of hydrogen-bond donors (Lipinski definition) is 1. The Morgan fingerprint density at radius 2 is 2.17 bits per heavy atom. The molecule has 1 aliphatic carbocycles. The summed E-state index contributed by atoms with van der Waals surface area (Å²) in [6.45, 7) is 0. The van der Waals surface area contributed by atoms with Gasteiger partial charge in [0.25, 0.3) is 0 Å². The zero-order chi connectivity index (χ0) is 8.72. The molecule has 2 atom stereocenters. The molecule has 0 amide bonds. The Morgan fingerprint density at radius 3 is 2.75 bits per heavy atom. The van der Waals surface area contributed by atoms with Crippen molar-refractivity contribution in [1.82, 2.24) is 0 Å². The van der Waals surface area contributed by atoms with E-state index in [2.05, 4.69) is 15.9 Å². The first-order valence-electron chi connectivity index (χ1n) is 3.89. The Morgan fingerprint density at radius 1 is 1.50 bits per heavy atom. The molecule has 0 bridgehead atoms. The molecule has 2 N–H and O–H groups in total. The fourth-order valence-corrected chi connectivity index (χ4v) is 1.91. The third-order valence-electron chi connectivity index (χ3n) is 2.20. The highest BCUT2D eigenvalue weighted by atomic mass is 79.9. The molecular weight excluding hydrogens is 221 g/mol. The molecule has 0 heterocycles. The number of benzene rings is 1. The lowest BCUT2D eigenvalue weighted by Crippen LogP contribution is -2.01. The van der Waals surface area contributed by atoms with E-state index in [9.17, 15) is 4.39 Å². The standard InChI is InChI=1S/C9H9BrFN/c10-8-2-1-5(11)3-6(8)7-4-9(7)12/h1-3,7,9H,4,12H2/t7-,9+/m0/s1. The number of halogens is 2.